The van der Waals surface area contributed by atoms with E-state index in [2.05, 4.69) is 40.7 Å². The third-order valence-corrected chi connectivity index (χ3v) is 10.7. The molecule has 0 amide bonds. The molecule has 0 bridgehead atoms. The molecule has 0 radical (unpaired) electrons. The van der Waals surface area contributed by atoms with Gasteiger partial charge in [0.1, 0.15) is 11.7 Å². The first-order chi connectivity index (χ1) is 14.6. The summed E-state index contributed by atoms with van der Waals surface area (Å²) < 4.78 is 5.92. The van der Waals surface area contributed by atoms with Gasteiger partial charge in [0.2, 0.25) is 0 Å². The van der Waals surface area contributed by atoms with Crippen LogP contribution < -0.4 is 0 Å². The van der Waals surface area contributed by atoms with E-state index in [4.69, 9.17) is 4.74 Å². The topological polar surface area (TPSA) is 49.7 Å². The molecule has 9 atom stereocenters. The molecule has 0 aromatic rings. The quantitative estimate of drug-likeness (QED) is 0.497. The van der Waals surface area contributed by atoms with Crippen LogP contribution in [0, 0.1) is 40.4 Å². The number of ether oxygens (including phenoxy) is 1. The second kappa shape index (κ2) is 8.44. The molecule has 0 aliphatic heterocycles. The molecule has 9 unspecified atom stereocenters. The monoisotopic (exact) mass is 432 g/mol. The highest BCUT2D eigenvalue weighted by Crippen LogP contribution is 2.67. The summed E-state index contributed by atoms with van der Waals surface area (Å²) >= 11 is 0. The number of methoxy groups -OCH3 is 1. The first kappa shape index (κ1) is 23.8. The van der Waals surface area contributed by atoms with Crippen molar-refractivity contribution in [2.24, 2.45) is 40.4 Å². The first-order valence-corrected chi connectivity index (χ1v) is 13.2. The van der Waals surface area contributed by atoms with Crippen LogP contribution in [-0.4, -0.2) is 35.1 Å². The van der Waals surface area contributed by atoms with E-state index >= 15 is 0 Å². The number of allylic oxidation sites excluding steroid dienone is 1. The third kappa shape index (κ3) is 3.66. The van der Waals surface area contributed by atoms with Gasteiger partial charge in [0, 0.05) is 18.9 Å². The van der Waals surface area contributed by atoms with Gasteiger partial charge in [0.05, 0.1) is 6.10 Å². The van der Waals surface area contributed by atoms with Gasteiger partial charge in [0.25, 0.3) is 0 Å². The number of aliphatic hydroxyl groups is 2. The lowest BCUT2D eigenvalue weighted by Gasteiger charge is -2.62. The second-order valence-corrected chi connectivity index (χ2v) is 12.7. The van der Waals surface area contributed by atoms with Crippen LogP contribution in [-0.2, 0) is 4.74 Å². The number of rotatable bonds is 6. The van der Waals surface area contributed by atoms with Crippen molar-refractivity contribution < 1.29 is 14.9 Å². The van der Waals surface area contributed by atoms with Gasteiger partial charge in [-0.1, -0.05) is 65.5 Å². The van der Waals surface area contributed by atoms with Crippen molar-refractivity contribution in [3.8, 4) is 0 Å². The van der Waals surface area contributed by atoms with Crippen LogP contribution in [0.3, 0.4) is 0 Å². The lowest BCUT2D eigenvalue weighted by Crippen LogP contribution is -2.65. The second-order valence-electron chi connectivity index (χ2n) is 12.7. The summed E-state index contributed by atoms with van der Waals surface area (Å²) in [7, 11) is 1.73. The number of aliphatic hydroxyl groups excluding tert-OH is 1. The van der Waals surface area contributed by atoms with Gasteiger partial charge in [-0.05, 0) is 73.5 Å². The lowest BCUT2D eigenvalue weighted by atomic mass is 9.45. The van der Waals surface area contributed by atoms with Crippen LogP contribution in [0.25, 0.3) is 0 Å². The zero-order chi connectivity index (χ0) is 22.6. The van der Waals surface area contributed by atoms with E-state index in [1.54, 1.807) is 12.7 Å². The van der Waals surface area contributed by atoms with Crippen molar-refractivity contribution >= 4 is 0 Å². The van der Waals surface area contributed by atoms with E-state index < -0.39 is 11.7 Å². The molecule has 0 saturated heterocycles. The minimum Gasteiger partial charge on any atom is -0.393 e. The molecular weight excluding hydrogens is 384 g/mol. The average molecular weight is 433 g/mol. The summed E-state index contributed by atoms with van der Waals surface area (Å²) in [5, 5.41) is 22.3. The van der Waals surface area contributed by atoms with Gasteiger partial charge < -0.3 is 14.9 Å². The molecule has 4 aliphatic rings. The highest BCUT2D eigenvalue weighted by Gasteiger charge is 2.65. The van der Waals surface area contributed by atoms with Gasteiger partial charge in [-0.2, -0.15) is 0 Å². The van der Waals surface area contributed by atoms with Crippen molar-refractivity contribution in [3.05, 3.63) is 11.6 Å². The number of hydrogen-bond acceptors (Lipinski definition) is 3. The summed E-state index contributed by atoms with van der Waals surface area (Å²) in [6, 6.07) is 0. The molecule has 4 aliphatic carbocycles. The number of fused-ring (bicyclic) bond motifs is 5. The normalized spacial score (nSPS) is 48.0. The molecule has 0 aromatic heterocycles. The summed E-state index contributed by atoms with van der Waals surface area (Å²) in [4.78, 5) is 0. The number of hydrogen-bond donors (Lipinski definition) is 2. The Hall–Kier alpha value is -0.380. The molecule has 4 rings (SSSR count). The van der Waals surface area contributed by atoms with Crippen LogP contribution in [0.15, 0.2) is 11.6 Å². The van der Waals surface area contributed by atoms with Crippen LogP contribution >= 0.6 is 0 Å². The molecule has 0 heterocycles. The van der Waals surface area contributed by atoms with Crippen LogP contribution in [0.4, 0.5) is 0 Å². The maximum atomic E-state index is 11.9. The Balaban J connectivity index is 1.61. The fraction of sp³-hybridized carbons (Fsp3) is 0.929. The van der Waals surface area contributed by atoms with Crippen LogP contribution in [0.2, 0.25) is 0 Å². The maximum Gasteiger partial charge on any atom is 0.105 e. The molecule has 3 nitrogen and oxygen atoms in total. The van der Waals surface area contributed by atoms with E-state index in [0.717, 1.165) is 30.6 Å². The Kier molecular flexibility index (Phi) is 6.47. The standard InChI is InChI=1S/C28H48O3/c1-18(2)8-7-9-19(3)22-10-11-23-21-16-25(31-6)28(30)17-20(29)12-15-27(28,5)24(21)13-14-26(22,23)4/h16,18-20,22-25,29-30H,7-15,17H2,1-6H3. The predicted octanol–water partition coefficient (Wildman–Crippen LogP) is 6.13. The van der Waals surface area contributed by atoms with Crippen LogP contribution in [0.1, 0.15) is 98.8 Å². The van der Waals surface area contributed by atoms with E-state index in [0.29, 0.717) is 23.7 Å². The zero-order valence-electron chi connectivity index (χ0n) is 21.0. The molecule has 3 heteroatoms. The van der Waals surface area contributed by atoms with Crippen molar-refractivity contribution in [2.75, 3.05) is 7.11 Å². The zero-order valence-corrected chi connectivity index (χ0v) is 21.0. The molecule has 3 saturated carbocycles. The molecule has 0 aromatic carbocycles. The Bertz CT molecular complexity index is 686. The third-order valence-electron chi connectivity index (χ3n) is 10.7. The van der Waals surface area contributed by atoms with Gasteiger partial charge >= 0.3 is 0 Å². The summed E-state index contributed by atoms with van der Waals surface area (Å²) in [5.74, 6) is 3.49. The van der Waals surface area contributed by atoms with E-state index in [1.165, 1.54) is 44.9 Å². The smallest absolute Gasteiger partial charge is 0.105 e. The minimum atomic E-state index is -0.955. The Labute approximate surface area is 191 Å². The van der Waals surface area contributed by atoms with Gasteiger partial charge in [-0.25, -0.2) is 0 Å². The van der Waals surface area contributed by atoms with Crippen molar-refractivity contribution in [1.29, 1.82) is 0 Å². The van der Waals surface area contributed by atoms with Crippen LogP contribution in [0.5, 0.6) is 0 Å². The van der Waals surface area contributed by atoms with Gasteiger partial charge in [0.15, 0.2) is 0 Å². The van der Waals surface area contributed by atoms with E-state index in [9.17, 15) is 10.2 Å². The maximum absolute atomic E-state index is 11.9. The molecule has 3 fully saturated rings. The first-order valence-electron chi connectivity index (χ1n) is 13.2. The molecule has 178 valence electrons. The average Bonchev–Trinajstić information content (AvgIpc) is 3.05. The van der Waals surface area contributed by atoms with Crippen molar-refractivity contribution in [2.45, 2.75) is 117 Å². The van der Waals surface area contributed by atoms with Gasteiger partial charge in [-0.3, -0.25) is 0 Å². The van der Waals surface area contributed by atoms with Crippen molar-refractivity contribution in [3.63, 3.8) is 0 Å². The van der Waals surface area contributed by atoms with E-state index in [-0.39, 0.29) is 11.5 Å². The van der Waals surface area contributed by atoms with Gasteiger partial charge in [-0.15, -0.1) is 0 Å². The lowest BCUT2D eigenvalue weighted by molar-refractivity contribution is -0.216. The molecule has 0 spiro atoms. The van der Waals surface area contributed by atoms with Crippen molar-refractivity contribution in [1.82, 2.24) is 0 Å². The van der Waals surface area contributed by atoms with E-state index in [1.807, 2.05) is 0 Å². The largest absolute Gasteiger partial charge is 0.393 e. The Morgan fingerprint density at radius 1 is 1.03 bits per heavy atom. The summed E-state index contributed by atoms with van der Waals surface area (Å²) in [6.45, 7) is 12.1. The molecule has 2 N–H and O–H groups in total. The molecular formula is C28H48O3. The summed E-state index contributed by atoms with van der Waals surface area (Å²) in [6.07, 6.45) is 12.9. The minimum absolute atomic E-state index is 0.195. The fourth-order valence-corrected chi connectivity index (χ4v) is 8.81. The highest BCUT2D eigenvalue weighted by molar-refractivity contribution is 5.33. The highest BCUT2D eigenvalue weighted by atomic mass is 16.5. The Morgan fingerprint density at radius 3 is 2.45 bits per heavy atom. The Morgan fingerprint density at radius 2 is 1.77 bits per heavy atom. The SMILES string of the molecule is COC1C=C2C3CCC(C(C)CCCC(C)C)C3(C)CCC2C2(C)CCC(O)CC12O. The predicted molar refractivity (Wildman–Crippen MR) is 127 cm³/mol. The fourth-order valence-electron chi connectivity index (χ4n) is 8.81. The molecule has 31 heavy (non-hydrogen) atoms. The summed E-state index contributed by atoms with van der Waals surface area (Å²) in [5.41, 5.74) is 0.835.